The third kappa shape index (κ3) is 4.03. The van der Waals surface area contributed by atoms with Gasteiger partial charge in [-0.2, -0.15) is 0 Å². The molecule has 2 aromatic rings. The van der Waals surface area contributed by atoms with Gasteiger partial charge >= 0.3 is 0 Å². The number of carbonyl (C=O) groups excluding carboxylic acids is 1. The van der Waals surface area contributed by atoms with E-state index in [9.17, 15) is 4.79 Å². The molecule has 0 spiro atoms. The molecule has 2 heterocycles. The molecule has 1 saturated heterocycles. The number of amides is 1. The van der Waals surface area contributed by atoms with E-state index in [1.54, 1.807) is 12.3 Å². The number of hydrogen-bond donors (Lipinski definition) is 1. The minimum atomic E-state index is -0.0238. The molecule has 0 unspecified atom stereocenters. The molecule has 3 rings (SSSR count). The highest BCUT2D eigenvalue weighted by atomic mass is 35.5. The molecule has 1 fully saturated rings. The number of rotatable bonds is 3. The van der Waals surface area contributed by atoms with E-state index in [4.69, 9.17) is 11.6 Å². The second kappa shape index (κ2) is 7.62. The summed E-state index contributed by atoms with van der Waals surface area (Å²) >= 11 is 6.14. The maximum Gasteiger partial charge on any atom is 0.272 e. The molecule has 1 amide bonds. The summed E-state index contributed by atoms with van der Waals surface area (Å²) in [6, 6.07) is 7.33. The van der Waals surface area contributed by atoms with Crippen LogP contribution in [0.1, 0.15) is 41.7 Å². The molecular weight excluding hydrogens is 324 g/mol. The Morgan fingerprint density at radius 2 is 1.92 bits per heavy atom. The Labute approximate surface area is 147 Å². The topological polar surface area (TPSA) is 58.1 Å². The number of aromatic nitrogens is 2. The zero-order valence-electron chi connectivity index (χ0n) is 13.8. The second-order valence-electron chi connectivity index (χ2n) is 6.06. The van der Waals surface area contributed by atoms with E-state index in [-0.39, 0.29) is 5.91 Å². The van der Waals surface area contributed by atoms with Crippen LogP contribution in [-0.2, 0) is 0 Å². The fourth-order valence-corrected chi connectivity index (χ4v) is 2.95. The van der Waals surface area contributed by atoms with Gasteiger partial charge in [-0.05, 0) is 43.5 Å². The minimum absolute atomic E-state index is 0.0238. The molecule has 1 N–H and O–H groups in total. The Morgan fingerprint density at radius 1 is 1.17 bits per heavy atom. The van der Waals surface area contributed by atoms with Gasteiger partial charge in [-0.25, -0.2) is 9.97 Å². The third-order valence-corrected chi connectivity index (χ3v) is 4.60. The van der Waals surface area contributed by atoms with Crippen molar-refractivity contribution in [3.8, 4) is 0 Å². The monoisotopic (exact) mass is 344 g/mol. The Balaban J connectivity index is 1.75. The predicted molar refractivity (Wildman–Crippen MR) is 95.9 cm³/mol. The van der Waals surface area contributed by atoms with E-state index in [2.05, 4.69) is 15.3 Å². The lowest BCUT2D eigenvalue weighted by molar-refractivity contribution is 0.0755. The van der Waals surface area contributed by atoms with Crippen LogP contribution in [0, 0.1) is 6.92 Å². The zero-order valence-corrected chi connectivity index (χ0v) is 14.5. The van der Waals surface area contributed by atoms with Crippen LogP contribution < -0.4 is 5.32 Å². The highest BCUT2D eigenvalue weighted by molar-refractivity contribution is 6.31. The standard InChI is InChI=1S/C18H21ClN4O/c1-13-6-7-14(12-15(13)19)21-18-20-9-8-16(22-18)17(24)23-10-4-2-3-5-11-23/h6-9,12H,2-5,10-11H2,1H3,(H,20,21,22). The van der Waals surface area contributed by atoms with Crippen LogP contribution in [0.4, 0.5) is 11.6 Å². The van der Waals surface area contributed by atoms with Crippen molar-refractivity contribution >= 4 is 29.1 Å². The van der Waals surface area contributed by atoms with Crippen molar-refractivity contribution in [1.82, 2.24) is 14.9 Å². The lowest BCUT2D eigenvalue weighted by Crippen LogP contribution is -2.32. The first-order chi connectivity index (χ1) is 11.6. The fraction of sp³-hybridized carbons (Fsp3) is 0.389. The normalized spacial score (nSPS) is 15.0. The van der Waals surface area contributed by atoms with Gasteiger partial charge in [-0.15, -0.1) is 0 Å². The van der Waals surface area contributed by atoms with Crippen molar-refractivity contribution in [2.45, 2.75) is 32.6 Å². The zero-order chi connectivity index (χ0) is 16.9. The average Bonchev–Trinajstić information content (AvgIpc) is 2.87. The predicted octanol–water partition coefficient (Wildman–Crippen LogP) is 4.20. The number of carbonyl (C=O) groups is 1. The van der Waals surface area contributed by atoms with Crippen molar-refractivity contribution < 1.29 is 4.79 Å². The summed E-state index contributed by atoms with van der Waals surface area (Å²) in [5.74, 6) is 0.375. The van der Waals surface area contributed by atoms with Crippen molar-refractivity contribution in [1.29, 1.82) is 0 Å². The molecule has 1 aromatic carbocycles. The van der Waals surface area contributed by atoms with Crippen molar-refractivity contribution in [2.24, 2.45) is 0 Å². The summed E-state index contributed by atoms with van der Waals surface area (Å²) in [4.78, 5) is 23.1. The van der Waals surface area contributed by atoms with Gasteiger partial charge in [0.1, 0.15) is 5.69 Å². The fourth-order valence-electron chi connectivity index (χ4n) is 2.77. The number of nitrogens with one attached hydrogen (secondary N) is 1. The molecule has 0 radical (unpaired) electrons. The van der Waals surface area contributed by atoms with Gasteiger partial charge in [0.25, 0.3) is 5.91 Å². The lowest BCUT2D eigenvalue weighted by Gasteiger charge is -2.19. The summed E-state index contributed by atoms with van der Waals surface area (Å²) < 4.78 is 0. The Kier molecular flexibility index (Phi) is 5.30. The van der Waals surface area contributed by atoms with E-state index in [0.717, 1.165) is 37.2 Å². The van der Waals surface area contributed by atoms with Crippen LogP contribution in [0.2, 0.25) is 5.02 Å². The van der Waals surface area contributed by atoms with Gasteiger partial charge in [-0.3, -0.25) is 4.79 Å². The van der Waals surface area contributed by atoms with E-state index in [1.807, 2.05) is 30.0 Å². The first-order valence-electron chi connectivity index (χ1n) is 8.29. The first kappa shape index (κ1) is 16.7. The molecule has 6 heteroatoms. The summed E-state index contributed by atoms with van der Waals surface area (Å²) in [5.41, 5.74) is 2.23. The SMILES string of the molecule is Cc1ccc(Nc2nccc(C(=O)N3CCCCCC3)n2)cc1Cl. The number of anilines is 2. The average molecular weight is 345 g/mol. The molecule has 0 atom stereocenters. The van der Waals surface area contributed by atoms with Crippen molar-refractivity contribution in [3.63, 3.8) is 0 Å². The molecule has 24 heavy (non-hydrogen) atoms. The molecule has 1 aromatic heterocycles. The highest BCUT2D eigenvalue weighted by Gasteiger charge is 2.19. The smallest absolute Gasteiger partial charge is 0.272 e. The van der Waals surface area contributed by atoms with E-state index < -0.39 is 0 Å². The molecule has 126 valence electrons. The van der Waals surface area contributed by atoms with Crippen molar-refractivity contribution in [3.05, 3.63) is 46.7 Å². The van der Waals surface area contributed by atoms with Gasteiger partial charge in [0, 0.05) is 30.0 Å². The first-order valence-corrected chi connectivity index (χ1v) is 8.67. The number of nitrogens with zero attached hydrogens (tertiary/aromatic N) is 3. The van der Waals surface area contributed by atoms with Crippen LogP contribution in [0.25, 0.3) is 0 Å². The van der Waals surface area contributed by atoms with Crippen LogP contribution in [-0.4, -0.2) is 33.9 Å². The van der Waals surface area contributed by atoms with Crippen LogP contribution in [0.15, 0.2) is 30.5 Å². The number of likely N-dealkylation sites (tertiary alicyclic amines) is 1. The molecule has 0 bridgehead atoms. The molecule has 1 aliphatic heterocycles. The van der Waals surface area contributed by atoms with Crippen molar-refractivity contribution in [2.75, 3.05) is 18.4 Å². The highest BCUT2D eigenvalue weighted by Crippen LogP contribution is 2.22. The van der Waals surface area contributed by atoms with E-state index >= 15 is 0 Å². The number of aryl methyl sites for hydroxylation is 1. The van der Waals surface area contributed by atoms with Gasteiger partial charge in [0.15, 0.2) is 0 Å². The van der Waals surface area contributed by atoms with Crippen LogP contribution >= 0.6 is 11.6 Å². The maximum absolute atomic E-state index is 12.6. The Hall–Kier alpha value is -2.14. The Bertz CT molecular complexity index is 727. The minimum Gasteiger partial charge on any atom is -0.337 e. The van der Waals surface area contributed by atoms with Crippen LogP contribution in [0.5, 0.6) is 0 Å². The summed E-state index contributed by atoms with van der Waals surface area (Å²) in [5, 5.41) is 3.78. The summed E-state index contributed by atoms with van der Waals surface area (Å²) in [6.45, 7) is 3.56. The lowest BCUT2D eigenvalue weighted by atomic mass is 10.2. The van der Waals surface area contributed by atoms with Gasteiger partial charge in [-0.1, -0.05) is 30.5 Å². The molecule has 0 aliphatic carbocycles. The maximum atomic E-state index is 12.6. The van der Waals surface area contributed by atoms with Gasteiger partial charge < -0.3 is 10.2 Å². The van der Waals surface area contributed by atoms with E-state index in [0.29, 0.717) is 16.7 Å². The van der Waals surface area contributed by atoms with Crippen LogP contribution in [0.3, 0.4) is 0 Å². The molecule has 0 saturated carbocycles. The number of benzene rings is 1. The Morgan fingerprint density at radius 3 is 2.62 bits per heavy atom. The quantitative estimate of drug-likeness (QED) is 0.906. The largest absolute Gasteiger partial charge is 0.337 e. The molecular formula is C18H21ClN4O. The second-order valence-corrected chi connectivity index (χ2v) is 6.47. The summed E-state index contributed by atoms with van der Waals surface area (Å²) in [6.07, 6.45) is 6.10. The van der Waals surface area contributed by atoms with Gasteiger partial charge in [0.05, 0.1) is 0 Å². The number of hydrogen-bond acceptors (Lipinski definition) is 4. The molecule has 5 nitrogen and oxygen atoms in total. The number of halogens is 1. The molecule has 1 aliphatic rings. The van der Waals surface area contributed by atoms with Gasteiger partial charge in [0.2, 0.25) is 5.95 Å². The summed E-state index contributed by atoms with van der Waals surface area (Å²) in [7, 11) is 0. The third-order valence-electron chi connectivity index (χ3n) is 4.20. The van der Waals surface area contributed by atoms with E-state index in [1.165, 1.54) is 12.8 Å².